The zero-order valence-electron chi connectivity index (χ0n) is 14.6. The molecule has 0 atom stereocenters. The summed E-state index contributed by atoms with van der Waals surface area (Å²) in [5.74, 6) is 0.0508. The van der Waals surface area contributed by atoms with Crippen LogP contribution in [0.3, 0.4) is 0 Å². The summed E-state index contributed by atoms with van der Waals surface area (Å²) in [6.07, 6.45) is 7.22. The van der Waals surface area contributed by atoms with E-state index in [1.54, 1.807) is 0 Å². The van der Waals surface area contributed by atoms with E-state index in [1.165, 1.54) is 29.5 Å². The van der Waals surface area contributed by atoms with Crippen molar-refractivity contribution in [3.05, 3.63) is 35.0 Å². The maximum Gasteiger partial charge on any atom is 0.251 e. The topological polar surface area (TPSA) is 65.2 Å². The highest BCUT2D eigenvalue weighted by Gasteiger charge is 2.19. The van der Waals surface area contributed by atoms with E-state index in [1.807, 2.05) is 23.1 Å². The molecule has 1 aromatic heterocycles. The second kappa shape index (κ2) is 6.90. The lowest BCUT2D eigenvalue weighted by Crippen LogP contribution is -2.32. The number of hydrogen-bond donors (Lipinski definition) is 2. The van der Waals surface area contributed by atoms with Crippen molar-refractivity contribution in [3.63, 3.8) is 0 Å². The Kier molecular flexibility index (Phi) is 4.47. The monoisotopic (exact) mass is 339 g/mol. The fourth-order valence-electron chi connectivity index (χ4n) is 4.06. The van der Waals surface area contributed by atoms with Crippen LogP contribution in [0.2, 0.25) is 0 Å². The van der Waals surface area contributed by atoms with Crippen LogP contribution in [0.5, 0.6) is 0 Å². The van der Waals surface area contributed by atoms with Crippen molar-refractivity contribution in [3.8, 4) is 0 Å². The number of aromatic amines is 1. The number of rotatable bonds is 4. The number of fused-ring (bicyclic) bond motifs is 3. The fourth-order valence-corrected chi connectivity index (χ4v) is 4.06. The lowest BCUT2D eigenvalue weighted by molar-refractivity contribution is -0.129. The van der Waals surface area contributed by atoms with Crippen LogP contribution in [0.4, 0.5) is 0 Å². The van der Waals surface area contributed by atoms with Crippen LogP contribution in [-0.4, -0.2) is 41.3 Å². The van der Waals surface area contributed by atoms with Crippen LogP contribution in [0.15, 0.2) is 18.2 Å². The van der Waals surface area contributed by atoms with Gasteiger partial charge in [0.2, 0.25) is 5.91 Å². The highest BCUT2D eigenvalue weighted by atomic mass is 16.2. The molecule has 0 bridgehead atoms. The lowest BCUT2D eigenvalue weighted by atomic mass is 9.95. The zero-order valence-corrected chi connectivity index (χ0v) is 14.6. The van der Waals surface area contributed by atoms with Crippen molar-refractivity contribution >= 4 is 22.7 Å². The molecule has 1 saturated heterocycles. The van der Waals surface area contributed by atoms with E-state index < -0.39 is 0 Å². The molecule has 1 aliphatic carbocycles. The number of nitrogens with zero attached hydrogens (tertiary/aromatic N) is 1. The van der Waals surface area contributed by atoms with Gasteiger partial charge in [-0.25, -0.2) is 0 Å². The van der Waals surface area contributed by atoms with E-state index in [0.29, 0.717) is 18.5 Å². The quantitative estimate of drug-likeness (QED) is 0.899. The third kappa shape index (κ3) is 3.28. The molecular formula is C20H25N3O2. The number of aromatic nitrogens is 1. The van der Waals surface area contributed by atoms with Crippen LogP contribution >= 0.6 is 0 Å². The molecule has 0 radical (unpaired) electrons. The number of aryl methyl sites for hydroxylation is 2. The van der Waals surface area contributed by atoms with Gasteiger partial charge in [0, 0.05) is 48.2 Å². The molecule has 0 spiro atoms. The molecule has 5 heteroatoms. The molecule has 2 aromatic rings. The Morgan fingerprint density at radius 1 is 1.08 bits per heavy atom. The van der Waals surface area contributed by atoms with Gasteiger partial charge in [-0.2, -0.15) is 0 Å². The van der Waals surface area contributed by atoms with Crippen molar-refractivity contribution in [2.24, 2.45) is 0 Å². The van der Waals surface area contributed by atoms with E-state index in [9.17, 15) is 9.59 Å². The molecule has 5 nitrogen and oxygen atoms in total. The van der Waals surface area contributed by atoms with Gasteiger partial charge in [0.05, 0.1) is 0 Å². The largest absolute Gasteiger partial charge is 0.358 e. The smallest absolute Gasteiger partial charge is 0.251 e. The summed E-state index contributed by atoms with van der Waals surface area (Å²) in [6, 6.07) is 5.85. The van der Waals surface area contributed by atoms with Gasteiger partial charge in [0.15, 0.2) is 0 Å². The second-order valence-corrected chi connectivity index (χ2v) is 7.14. The molecule has 1 aliphatic heterocycles. The van der Waals surface area contributed by atoms with Crippen molar-refractivity contribution in [2.45, 2.75) is 44.9 Å². The average Bonchev–Trinajstić information content (AvgIpc) is 3.28. The highest BCUT2D eigenvalue weighted by Crippen LogP contribution is 2.29. The Morgan fingerprint density at radius 3 is 2.72 bits per heavy atom. The summed E-state index contributed by atoms with van der Waals surface area (Å²) in [6.45, 7) is 2.13. The van der Waals surface area contributed by atoms with E-state index >= 15 is 0 Å². The van der Waals surface area contributed by atoms with Crippen molar-refractivity contribution in [1.29, 1.82) is 0 Å². The Morgan fingerprint density at radius 2 is 1.88 bits per heavy atom. The molecule has 1 aromatic carbocycles. The van der Waals surface area contributed by atoms with Gasteiger partial charge in [-0.3, -0.25) is 9.59 Å². The van der Waals surface area contributed by atoms with Gasteiger partial charge in [0.1, 0.15) is 0 Å². The summed E-state index contributed by atoms with van der Waals surface area (Å²) in [7, 11) is 0. The molecule has 2 aliphatic rings. The molecular weight excluding hydrogens is 314 g/mol. The first-order valence-corrected chi connectivity index (χ1v) is 9.42. The summed E-state index contributed by atoms with van der Waals surface area (Å²) in [5, 5.41) is 4.07. The second-order valence-electron chi connectivity index (χ2n) is 7.14. The van der Waals surface area contributed by atoms with Gasteiger partial charge in [-0.15, -0.1) is 0 Å². The van der Waals surface area contributed by atoms with Crippen molar-refractivity contribution in [2.75, 3.05) is 19.6 Å². The number of likely N-dealkylation sites (tertiary alicyclic amines) is 1. The van der Waals surface area contributed by atoms with Crippen molar-refractivity contribution in [1.82, 2.24) is 15.2 Å². The molecule has 2 N–H and O–H groups in total. The average molecular weight is 339 g/mol. The first-order chi connectivity index (χ1) is 12.2. The number of H-pyrrole nitrogens is 1. The third-order valence-corrected chi connectivity index (χ3v) is 5.44. The SMILES string of the molecule is O=C(NCCC(=O)N1CCCC1)c1ccc2[nH]c3c(c2c1)CCCC3. The van der Waals surface area contributed by atoms with Crippen LogP contribution in [0.25, 0.3) is 10.9 Å². The van der Waals surface area contributed by atoms with Crippen molar-refractivity contribution < 1.29 is 9.59 Å². The standard InChI is InChI=1S/C20H25N3O2/c24-19(23-11-3-4-12-23)9-10-21-20(25)14-7-8-18-16(13-14)15-5-1-2-6-17(15)22-18/h7-8,13,22H,1-6,9-12H2,(H,21,25). The molecule has 132 valence electrons. The third-order valence-electron chi connectivity index (χ3n) is 5.44. The fraction of sp³-hybridized carbons (Fsp3) is 0.500. The van der Waals surface area contributed by atoms with E-state index in [2.05, 4.69) is 10.3 Å². The maximum atomic E-state index is 12.4. The number of hydrogen-bond acceptors (Lipinski definition) is 2. The minimum absolute atomic E-state index is 0.0955. The predicted molar refractivity (Wildman–Crippen MR) is 97.7 cm³/mol. The first-order valence-electron chi connectivity index (χ1n) is 9.42. The molecule has 4 rings (SSSR count). The Balaban J connectivity index is 1.40. The molecule has 25 heavy (non-hydrogen) atoms. The molecule has 1 fully saturated rings. The highest BCUT2D eigenvalue weighted by molar-refractivity contribution is 5.99. The van der Waals surface area contributed by atoms with Crippen LogP contribution in [0, 0.1) is 0 Å². The lowest BCUT2D eigenvalue weighted by Gasteiger charge is -2.15. The number of carbonyl (C=O) groups is 2. The first kappa shape index (κ1) is 16.2. The van der Waals surface area contributed by atoms with Crippen LogP contribution in [-0.2, 0) is 17.6 Å². The zero-order chi connectivity index (χ0) is 17.2. The Labute approximate surface area is 147 Å². The maximum absolute atomic E-state index is 12.4. The normalized spacial score (nSPS) is 16.9. The van der Waals surface area contributed by atoms with E-state index in [0.717, 1.165) is 44.3 Å². The van der Waals surface area contributed by atoms with Gasteiger partial charge >= 0.3 is 0 Å². The van der Waals surface area contributed by atoms with Gasteiger partial charge in [0.25, 0.3) is 5.91 Å². The minimum atomic E-state index is -0.0955. The summed E-state index contributed by atoms with van der Waals surface area (Å²) in [4.78, 5) is 29.9. The Bertz CT molecular complexity index is 803. The summed E-state index contributed by atoms with van der Waals surface area (Å²) >= 11 is 0. The van der Waals surface area contributed by atoms with Crippen LogP contribution < -0.4 is 5.32 Å². The predicted octanol–water partition coefficient (Wildman–Crippen LogP) is 2.79. The van der Waals surface area contributed by atoms with Gasteiger partial charge in [-0.1, -0.05) is 0 Å². The van der Waals surface area contributed by atoms with E-state index in [4.69, 9.17) is 0 Å². The number of benzene rings is 1. The molecule has 0 saturated carbocycles. The molecule has 2 heterocycles. The number of nitrogens with one attached hydrogen (secondary N) is 2. The summed E-state index contributed by atoms with van der Waals surface area (Å²) in [5.41, 5.74) is 4.50. The molecule has 0 unspecified atom stereocenters. The number of carbonyl (C=O) groups excluding carboxylic acids is 2. The van der Waals surface area contributed by atoms with E-state index in [-0.39, 0.29) is 11.8 Å². The molecule has 2 amide bonds. The summed E-state index contributed by atoms with van der Waals surface area (Å²) < 4.78 is 0. The Hall–Kier alpha value is -2.30. The van der Waals surface area contributed by atoms with Gasteiger partial charge < -0.3 is 15.2 Å². The van der Waals surface area contributed by atoms with Crippen LogP contribution in [0.1, 0.15) is 53.7 Å². The van der Waals surface area contributed by atoms with Gasteiger partial charge in [-0.05, 0) is 62.3 Å². The minimum Gasteiger partial charge on any atom is -0.358 e. The number of amides is 2.